The average Bonchev–Trinajstić information content (AvgIpc) is 1.56. The fourth-order valence-electron chi connectivity index (χ4n) is 9.69. The lowest BCUT2D eigenvalue weighted by molar-refractivity contribution is -0.157. The van der Waals surface area contributed by atoms with Crippen LogP contribution in [-0.2, 0) is 93.9 Å². The lowest BCUT2D eigenvalue weighted by Crippen LogP contribution is -2.31. The van der Waals surface area contributed by atoms with Crippen LogP contribution in [0, 0.1) is 55.4 Å². The molecule has 0 bridgehead atoms. The van der Waals surface area contributed by atoms with Gasteiger partial charge in [-0.15, -0.1) is 0 Å². The molecule has 0 N–H and O–H groups in total. The Balaban J connectivity index is 0.914. The molecule has 2 aliphatic carbocycles. The Kier molecular flexibility index (Phi) is 28.5. The summed E-state index contributed by atoms with van der Waals surface area (Å²) in [6.45, 7) is 22.6. The maximum absolute atomic E-state index is 13.9. The van der Waals surface area contributed by atoms with Crippen molar-refractivity contribution in [3.05, 3.63) is 117 Å². The molecule has 25 heteroatoms. The van der Waals surface area contributed by atoms with Gasteiger partial charge in [-0.25, -0.2) is 19.7 Å². The topological polar surface area (TPSA) is 300 Å². The number of thioether (sulfide) groups is 2. The molecule has 3 aromatic carbocycles. The third-order valence-corrected chi connectivity index (χ3v) is 17.6. The van der Waals surface area contributed by atoms with E-state index in [0.29, 0.717) is 101 Å². The van der Waals surface area contributed by atoms with Crippen LogP contribution < -0.4 is 18.9 Å². The zero-order valence-corrected chi connectivity index (χ0v) is 53.6. The summed E-state index contributed by atoms with van der Waals surface area (Å²) in [4.78, 5) is 130. The van der Waals surface area contributed by atoms with Gasteiger partial charge in [0.1, 0.15) is 48.4 Å². The van der Waals surface area contributed by atoms with Gasteiger partial charge >= 0.3 is 59.7 Å². The van der Waals surface area contributed by atoms with E-state index in [4.69, 9.17) is 58.7 Å². The summed E-state index contributed by atoms with van der Waals surface area (Å²) >= 11 is 2.16. The first-order valence-electron chi connectivity index (χ1n) is 30.1. The summed E-state index contributed by atoms with van der Waals surface area (Å²) in [5.74, 6) is -6.56. The smallest absolute Gasteiger partial charge is 0.330 e. The number of rotatable bonds is 31. The van der Waals surface area contributed by atoms with Gasteiger partial charge in [0.2, 0.25) is 0 Å². The van der Waals surface area contributed by atoms with Crippen LogP contribution in [0.15, 0.2) is 93.6 Å². The highest BCUT2D eigenvalue weighted by molar-refractivity contribution is 8.24. The summed E-state index contributed by atoms with van der Waals surface area (Å²) in [6.07, 6.45) is 3.10. The van der Waals surface area contributed by atoms with E-state index in [1.54, 1.807) is 83.1 Å². The maximum Gasteiger partial charge on any atom is 0.330 e. The summed E-state index contributed by atoms with van der Waals surface area (Å²) < 4.78 is 60.2. The van der Waals surface area contributed by atoms with Crippen molar-refractivity contribution in [1.82, 2.24) is 0 Å². The molecule has 3 aliphatic rings. The monoisotopic (exact) mass is 1310 g/mol. The molecule has 0 spiro atoms. The Morgan fingerprint density at radius 2 is 0.913 bits per heavy atom. The second-order valence-electron chi connectivity index (χ2n) is 22.1. The van der Waals surface area contributed by atoms with Gasteiger partial charge in [0.25, 0.3) is 5.70 Å². The number of esters is 10. The molecule has 1 heterocycles. The van der Waals surface area contributed by atoms with Crippen LogP contribution in [0.3, 0.4) is 0 Å². The normalized spacial score (nSPS) is 18.0. The zero-order chi connectivity index (χ0) is 66.9. The van der Waals surface area contributed by atoms with Crippen molar-refractivity contribution in [2.75, 3.05) is 33.0 Å². The highest BCUT2D eigenvalue weighted by atomic mass is 32.2. The van der Waals surface area contributed by atoms with Gasteiger partial charge in [-0.05, 0) is 133 Å². The Bertz CT molecular complexity index is 3310. The number of benzene rings is 3. The maximum atomic E-state index is 13.9. The SMILES string of the molecule is [C-]#[N+]/C(C#N)=C1/Sc2c(OC(=O)C3CCC(C(=O)Oc4ccc(CCOC(=O)CCC(=O)OCC(C)OCC(C)OC(=O)C=C)cc4)CC3)c(C)c(C)c(OC(=O)C3CCC(C(=O)Oc4ccc(CCOC(=O)CCC(=O)OC(C)COC(=O)C=C)cc4)CC3)c2S1. The van der Waals surface area contributed by atoms with Crippen LogP contribution in [0.5, 0.6) is 23.0 Å². The standard InChI is InChI=1S/C67H74N2O21S2/c1-9-53(70)83-38-41(5)86-58(75)30-29-56(73)81-34-32-45-13-25-51(26-14-45)88-64(77)47-17-21-49(22-18-47)66(79)90-60-43(7)42(6)59(61-62(60)92-67(91-61)52(35-68)69-8)89-65(78)48-19-15-46(16-20-48)63(76)87-50-23-11-44(12-24-50)31-33-80-55(72)27-28-57(74)84-36-39(3)82-37-40(4)85-54(71)10-2/h9-14,23-26,39-41,46-49H,1-2,15-22,27-34,36-38H2,3-7H3/b67-52-. The van der Waals surface area contributed by atoms with Gasteiger partial charge in [0.05, 0.1) is 102 Å². The van der Waals surface area contributed by atoms with Gasteiger partial charge in [-0.3, -0.25) is 38.4 Å². The van der Waals surface area contributed by atoms with Crippen molar-refractivity contribution in [3.8, 4) is 29.1 Å². The van der Waals surface area contributed by atoms with E-state index in [1.807, 2.05) is 6.07 Å². The highest BCUT2D eigenvalue weighted by Gasteiger charge is 2.38. The second kappa shape index (κ2) is 36.3. The van der Waals surface area contributed by atoms with Gasteiger partial charge < -0.3 is 52.1 Å². The molecule has 490 valence electrons. The number of allylic oxidation sites excluding steroid dienone is 1. The molecule has 0 aromatic heterocycles. The number of ether oxygens (including phenoxy) is 11. The summed E-state index contributed by atoms with van der Waals surface area (Å²) in [6, 6.07) is 15.4. The molecule has 0 radical (unpaired) electrons. The van der Waals surface area contributed by atoms with E-state index in [2.05, 4.69) is 18.0 Å². The number of nitriles is 1. The fraction of sp³-hybridized carbons (Fsp3) is 0.463. The largest absolute Gasteiger partial charge is 0.465 e. The minimum absolute atomic E-state index is 0.0470. The third kappa shape index (κ3) is 22.6. The van der Waals surface area contributed by atoms with E-state index in [1.165, 1.54) is 0 Å². The van der Waals surface area contributed by atoms with Crippen molar-refractivity contribution in [2.24, 2.45) is 23.7 Å². The fourth-order valence-corrected chi connectivity index (χ4v) is 12.3. The first kappa shape index (κ1) is 72.3. The molecule has 2 fully saturated rings. The first-order valence-corrected chi connectivity index (χ1v) is 31.7. The van der Waals surface area contributed by atoms with Gasteiger partial charge in [-0.1, -0.05) is 60.9 Å². The molecule has 3 aromatic rings. The summed E-state index contributed by atoms with van der Waals surface area (Å²) in [5, 5.41) is 9.83. The van der Waals surface area contributed by atoms with Crippen LogP contribution in [-0.4, -0.2) is 111 Å². The number of carbonyl (C=O) groups is 10. The molecular formula is C67H74N2O21S2. The molecule has 6 rings (SSSR count). The van der Waals surface area contributed by atoms with Crippen molar-refractivity contribution in [3.63, 3.8) is 0 Å². The second-order valence-corrected chi connectivity index (χ2v) is 24.4. The van der Waals surface area contributed by atoms with Crippen molar-refractivity contribution >= 4 is 83.2 Å². The molecule has 92 heavy (non-hydrogen) atoms. The van der Waals surface area contributed by atoms with E-state index in [0.717, 1.165) is 46.8 Å². The predicted octanol–water partition coefficient (Wildman–Crippen LogP) is 10.2. The first-order chi connectivity index (χ1) is 44.1. The summed E-state index contributed by atoms with van der Waals surface area (Å²) in [7, 11) is 0. The molecule has 3 atom stereocenters. The Morgan fingerprint density at radius 1 is 0.533 bits per heavy atom. The van der Waals surface area contributed by atoms with Gasteiger partial charge in [0, 0.05) is 25.0 Å². The van der Waals surface area contributed by atoms with Crippen molar-refractivity contribution in [1.29, 1.82) is 5.26 Å². The van der Waals surface area contributed by atoms with E-state index < -0.39 is 102 Å². The Labute approximate surface area is 541 Å². The Hall–Kier alpha value is -8.78. The highest BCUT2D eigenvalue weighted by Crippen LogP contribution is 2.61. The quantitative estimate of drug-likeness (QED) is 0.0144. The van der Waals surface area contributed by atoms with E-state index in [9.17, 15) is 53.2 Å². The third-order valence-electron chi connectivity index (χ3n) is 15.1. The van der Waals surface area contributed by atoms with Crippen LogP contribution in [0.1, 0.15) is 120 Å². The van der Waals surface area contributed by atoms with E-state index in [-0.39, 0.29) is 75.9 Å². The lowest BCUT2D eigenvalue weighted by Gasteiger charge is -2.27. The molecule has 23 nitrogen and oxygen atoms in total. The molecule has 0 saturated heterocycles. The molecule has 1 aliphatic heterocycles. The lowest BCUT2D eigenvalue weighted by atomic mass is 9.82. The molecular weight excluding hydrogens is 1230 g/mol. The van der Waals surface area contributed by atoms with Crippen molar-refractivity contribution < 1.29 is 100 Å². The van der Waals surface area contributed by atoms with Crippen LogP contribution >= 0.6 is 23.5 Å². The predicted molar refractivity (Wildman–Crippen MR) is 330 cm³/mol. The van der Waals surface area contributed by atoms with E-state index >= 15 is 0 Å². The number of fused-ring (bicyclic) bond motifs is 1. The minimum atomic E-state index is -0.701. The summed E-state index contributed by atoms with van der Waals surface area (Å²) in [5.41, 5.74) is 2.45. The number of hydrogen-bond donors (Lipinski definition) is 0. The minimum Gasteiger partial charge on any atom is -0.465 e. The molecule has 0 amide bonds. The molecule has 3 unspecified atom stereocenters. The zero-order valence-electron chi connectivity index (χ0n) is 51.9. The van der Waals surface area contributed by atoms with Crippen molar-refractivity contribution in [2.45, 2.75) is 153 Å². The number of hydrogen-bond acceptors (Lipinski definition) is 24. The van der Waals surface area contributed by atoms with Gasteiger partial charge in [0.15, 0.2) is 0 Å². The van der Waals surface area contributed by atoms with Crippen LogP contribution in [0.2, 0.25) is 0 Å². The average molecular weight is 1310 g/mol. The number of nitrogens with zero attached hydrogens (tertiary/aromatic N) is 2. The van der Waals surface area contributed by atoms with Gasteiger partial charge in [-0.2, -0.15) is 0 Å². The van der Waals surface area contributed by atoms with Crippen LogP contribution in [0.25, 0.3) is 4.85 Å². The van der Waals surface area contributed by atoms with Crippen LogP contribution in [0.4, 0.5) is 0 Å². The molecule has 2 saturated carbocycles. The number of carbonyl (C=O) groups excluding carboxylic acids is 10. The Morgan fingerprint density at radius 3 is 1.32 bits per heavy atom.